The van der Waals surface area contributed by atoms with Crippen LogP contribution in [-0.4, -0.2) is 48.2 Å². The number of rotatable bonds is 14. The van der Waals surface area contributed by atoms with E-state index < -0.39 is 18.0 Å². The largest absolute Gasteiger partial charge is 0.370 e. The smallest absolute Gasteiger partial charge is 0.238 e. The van der Waals surface area contributed by atoms with Crippen LogP contribution >= 0.6 is 0 Å². The second kappa shape index (κ2) is 13.0. The number of hydrogen-bond acceptors (Lipinski definition) is 4. The van der Waals surface area contributed by atoms with E-state index in [2.05, 4.69) is 12.2 Å². The maximum absolute atomic E-state index is 12.8. The van der Waals surface area contributed by atoms with Crippen molar-refractivity contribution in [2.24, 2.45) is 5.73 Å². The fraction of sp³-hybridized carbons (Fsp3) is 0.571. The van der Waals surface area contributed by atoms with Gasteiger partial charge in [0.25, 0.3) is 0 Å². The molecule has 0 aliphatic heterocycles. The molecule has 2 atom stereocenters. The number of carbonyl (C=O) groups is 2. The van der Waals surface area contributed by atoms with Crippen LogP contribution in [0.3, 0.4) is 0 Å². The molecule has 0 bridgehead atoms. The van der Waals surface area contributed by atoms with E-state index in [1.807, 2.05) is 48.4 Å². The highest BCUT2D eigenvalue weighted by Gasteiger charge is 2.28. The van der Waals surface area contributed by atoms with Crippen LogP contribution in [0.2, 0.25) is 0 Å². The summed E-state index contributed by atoms with van der Waals surface area (Å²) in [7, 11) is 0. The van der Waals surface area contributed by atoms with Crippen LogP contribution in [0.4, 0.5) is 0 Å². The van der Waals surface area contributed by atoms with E-state index in [4.69, 9.17) is 5.73 Å². The highest BCUT2D eigenvalue weighted by molar-refractivity contribution is 5.89. The number of primary amides is 1. The lowest BCUT2D eigenvalue weighted by molar-refractivity contribution is -0.131. The summed E-state index contributed by atoms with van der Waals surface area (Å²) in [6.45, 7) is 5.44. The van der Waals surface area contributed by atoms with Gasteiger partial charge < -0.3 is 11.1 Å². The van der Waals surface area contributed by atoms with Crippen LogP contribution in [-0.2, 0) is 20.8 Å². The van der Waals surface area contributed by atoms with E-state index in [1.54, 1.807) is 0 Å². The Morgan fingerprint density at radius 2 is 1.85 bits per heavy atom. The van der Waals surface area contributed by atoms with Crippen molar-refractivity contribution >= 4 is 18.1 Å². The standard InChI is InChI=1S/C21H32N3O3/c1-3-5-6-10-13-24(4-2)19(15-20(22)26)21(27)23-18(16-25)14-17-11-8-7-9-12-17/h7-9,11-12,18-19H,3-6,10,13-15H2,1-2H3,(H2,22,26)(H,23,27)/t18-,19?/m0/s1. The van der Waals surface area contributed by atoms with Crippen molar-refractivity contribution in [3.8, 4) is 0 Å². The van der Waals surface area contributed by atoms with Crippen LogP contribution in [0, 0.1) is 0 Å². The van der Waals surface area contributed by atoms with Gasteiger partial charge in [-0.15, -0.1) is 0 Å². The highest BCUT2D eigenvalue weighted by Crippen LogP contribution is 2.10. The molecule has 6 heteroatoms. The summed E-state index contributed by atoms with van der Waals surface area (Å²) in [6.07, 6.45) is 6.50. The predicted octanol–water partition coefficient (Wildman–Crippen LogP) is 1.97. The number of nitrogens with two attached hydrogens (primary N) is 1. The molecular formula is C21H32N3O3. The Morgan fingerprint density at radius 1 is 1.15 bits per heavy atom. The molecule has 1 rings (SSSR count). The molecule has 0 heterocycles. The zero-order valence-corrected chi connectivity index (χ0v) is 16.4. The topological polar surface area (TPSA) is 92.5 Å². The van der Waals surface area contributed by atoms with Crippen LogP contribution in [0.5, 0.6) is 0 Å². The summed E-state index contributed by atoms with van der Waals surface area (Å²) in [5, 5.41) is 2.73. The quantitative estimate of drug-likeness (QED) is 0.487. The average Bonchev–Trinajstić information content (AvgIpc) is 2.66. The lowest BCUT2D eigenvalue weighted by Crippen LogP contribution is -2.52. The number of hydrogen-bond donors (Lipinski definition) is 2. The van der Waals surface area contributed by atoms with Gasteiger partial charge in [-0.25, -0.2) is 0 Å². The fourth-order valence-corrected chi connectivity index (χ4v) is 3.09. The average molecular weight is 375 g/mol. The third-order valence-electron chi connectivity index (χ3n) is 4.58. The van der Waals surface area contributed by atoms with Gasteiger partial charge in [-0.05, 0) is 25.1 Å². The van der Waals surface area contributed by atoms with Gasteiger partial charge in [0.05, 0.1) is 18.5 Å². The summed E-state index contributed by atoms with van der Waals surface area (Å²) >= 11 is 0. The van der Waals surface area contributed by atoms with Crippen LogP contribution < -0.4 is 11.1 Å². The van der Waals surface area contributed by atoms with Crippen molar-refractivity contribution in [3.63, 3.8) is 0 Å². The molecule has 6 nitrogen and oxygen atoms in total. The Morgan fingerprint density at radius 3 is 2.41 bits per heavy atom. The first-order valence-corrected chi connectivity index (χ1v) is 9.76. The van der Waals surface area contributed by atoms with Crippen molar-refractivity contribution in [1.29, 1.82) is 0 Å². The summed E-state index contributed by atoms with van der Waals surface area (Å²) in [5.74, 6) is -0.882. The minimum Gasteiger partial charge on any atom is -0.370 e. The lowest BCUT2D eigenvalue weighted by atomic mass is 10.0. The van der Waals surface area contributed by atoms with Gasteiger partial charge in [-0.2, -0.15) is 0 Å². The predicted molar refractivity (Wildman–Crippen MR) is 107 cm³/mol. The van der Waals surface area contributed by atoms with Crippen LogP contribution in [0.25, 0.3) is 0 Å². The molecule has 0 fully saturated rings. The minimum atomic E-state index is -0.755. The number of amides is 2. The van der Waals surface area contributed by atoms with Gasteiger partial charge in [0, 0.05) is 6.42 Å². The summed E-state index contributed by atoms with van der Waals surface area (Å²) in [4.78, 5) is 37.6. The molecule has 0 saturated carbocycles. The first-order chi connectivity index (χ1) is 13.0. The third kappa shape index (κ3) is 8.82. The summed E-state index contributed by atoms with van der Waals surface area (Å²) in [5.41, 5.74) is 6.30. The van der Waals surface area contributed by atoms with Crippen LogP contribution in [0.15, 0.2) is 30.3 Å². The Bertz CT molecular complexity index is 577. The molecule has 1 radical (unpaired) electrons. The Kier molecular flexibility index (Phi) is 11.0. The van der Waals surface area contributed by atoms with E-state index in [9.17, 15) is 14.4 Å². The van der Waals surface area contributed by atoms with Crippen LogP contribution in [0.1, 0.15) is 51.5 Å². The molecule has 1 unspecified atom stereocenters. The van der Waals surface area contributed by atoms with Gasteiger partial charge in [0.15, 0.2) is 0 Å². The highest BCUT2D eigenvalue weighted by atomic mass is 16.2. The molecule has 0 aromatic heterocycles. The van der Waals surface area contributed by atoms with Gasteiger partial charge in [-0.1, -0.05) is 63.4 Å². The Hall–Kier alpha value is -2.21. The molecular weight excluding hydrogens is 342 g/mol. The third-order valence-corrected chi connectivity index (χ3v) is 4.58. The lowest BCUT2D eigenvalue weighted by Gasteiger charge is -2.30. The maximum Gasteiger partial charge on any atom is 0.238 e. The van der Waals surface area contributed by atoms with Crippen molar-refractivity contribution in [1.82, 2.24) is 10.2 Å². The number of carbonyl (C=O) groups excluding carboxylic acids is 3. The van der Waals surface area contributed by atoms with Gasteiger partial charge in [0.1, 0.15) is 0 Å². The molecule has 0 saturated heterocycles. The summed E-state index contributed by atoms with van der Waals surface area (Å²) < 4.78 is 0. The van der Waals surface area contributed by atoms with Crippen molar-refractivity contribution < 1.29 is 14.4 Å². The molecule has 0 aliphatic rings. The van der Waals surface area contributed by atoms with E-state index in [0.717, 1.165) is 37.8 Å². The normalized spacial score (nSPS) is 13.1. The number of nitrogens with one attached hydrogen (secondary N) is 1. The SMILES string of the molecule is CCCCCCN(CC)C(CC(N)=O)C(=O)N[C@H]([C]=O)Cc1ccccc1. The zero-order valence-electron chi connectivity index (χ0n) is 16.4. The van der Waals surface area contributed by atoms with E-state index >= 15 is 0 Å². The maximum atomic E-state index is 12.8. The first kappa shape index (κ1) is 22.8. The van der Waals surface area contributed by atoms with Crippen molar-refractivity contribution in [2.75, 3.05) is 13.1 Å². The number of nitrogens with zero attached hydrogens (tertiary/aromatic N) is 1. The van der Waals surface area contributed by atoms with E-state index in [0.29, 0.717) is 13.0 Å². The monoisotopic (exact) mass is 374 g/mol. The van der Waals surface area contributed by atoms with Gasteiger partial charge in [-0.3, -0.25) is 19.3 Å². The molecule has 3 N–H and O–H groups in total. The van der Waals surface area contributed by atoms with Gasteiger partial charge >= 0.3 is 0 Å². The Labute approximate surface area is 162 Å². The molecule has 27 heavy (non-hydrogen) atoms. The molecule has 1 aromatic carbocycles. The number of benzene rings is 1. The second-order valence-electron chi connectivity index (χ2n) is 6.74. The fourth-order valence-electron chi connectivity index (χ4n) is 3.09. The van der Waals surface area contributed by atoms with E-state index in [-0.39, 0.29) is 12.3 Å². The van der Waals surface area contributed by atoms with Gasteiger partial charge in [0.2, 0.25) is 18.1 Å². The molecule has 0 spiro atoms. The first-order valence-electron chi connectivity index (χ1n) is 9.76. The second-order valence-corrected chi connectivity index (χ2v) is 6.74. The zero-order chi connectivity index (χ0) is 20.1. The minimum absolute atomic E-state index is 0.0651. The van der Waals surface area contributed by atoms with Crippen molar-refractivity contribution in [2.45, 2.75) is 64.5 Å². The van der Waals surface area contributed by atoms with E-state index in [1.165, 1.54) is 0 Å². The number of likely N-dealkylation sites (N-methyl/N-ethyl adjacent to an activating group) is 1. The molecule has 1 aromatic rings. The molecule has 149 valence electrons. The molecule has 0 aliphatic carbocycles. The number of unbranched alkanes of at least 4 members (excludes halogenated alkanes) is 3. The molecule has 2 amide bonds. The Balaban J connectivity index is 2.75. The van der Waals surface area contributed by atoms with Crippen molar-refractivity contribution in [3.05, 3.63) is 35.9 Å². The summed E-state index contributed by atoms with van der Waals surface area (Å²) in [6, 6.07) is 8.01.